The van der Waals surface area contributed by atoms with Crippen LogP contribution in [0, 0.1) is 5.92 Å². The Labute approximate surface area is 163 Å². The lowest BCUT2D eigenvalue weighted by Crippen LogP contribution is -2.44. The highest BCUT2D eigenvalue weighted by atomic mass is 16.7. The molecule has 8 nitrogen and oxygen atoms in total. The van der Waals surface area contributed by atoms with E-state index >= 15 is 0 Å². The topological polar surface area (TPSA) is 123 Å². The van der Waals surface area contributed by atoms with Gasteiger partial charge in [0.1, 0.15) is 12.2 Å². The number of rotatable bonds is 3. The molecule has 0 amide bonds. The van der Waals surface area contributed by atoms with Crippen LogP contribution in [0.3, 0.4) is 0 Å². The molecule has 154 valence electrons. The van der Waals surface area contributed by atoms with Crippen molar-refractivity contribution in [2.24, 2.45) is 5.92 Å². The Morgan fingerprint density at radius 2 is 2.14 bits per heavy atom. The maximum atomic E-state index is 12.4. The molecule has 0 saturated carbocycles. The van der Waals surface area contributed by atoms with E-state index in [0.29, 0.717) is 5.57 Å². The van der Waals surface area contributed by atoms with Gasteiger partial charge in [0.15, 0.2) is 5.79 Å². The van der Waals surface area contributed by atoms with Gasteiger partial charge in [-0.05, 0) is 26.8 Å². The molecule has 0 spiro atoms. The van der Waals surface area contributed by atoms with Crippen molar-refractivity contribution in [1.82, 2.24) is 0 Å². The van der Waals surface area contributed by atoms with E-state index in [1.165, 1.54) is 6.08 Å². The smallest absolute Gasteiger partial charge is 0.334 e. The summed E-state index contributed by atoms with van der Waals surface area (Å²) in [6.07, 6.45) is -0.0427. The maximum Gasteiger partial charge on any atom is 0.334 e. The zero-order chi connectivity index (χ0) is 20.9. The molecule has 0 aromatic rings. The second kappa shape index (κ2) is 7.11. The maximum absolute atomic E-state index is 12.4. The molecule has 3 rings (SSSR count). The van der Waals surface area contributed by atoms with Gasteiger partial charge in [-0.2, -0.15) is 0 Å². The van der Waals surface area contributed by atoms with Crippen LogP contribution < -0.4 is 0 Å². The van der Waals surface area contributed by atoms with E-state index in [1.807, 2.05) is 0 Å². The number of aliphatic hydroxyl groups excluding tert-OH is 2. The molecule has 0 radical (unpaired) electrons. The van der Waals surface area contributed by atoms with Gasteiger partial charge < -0.3 is 29.5 Å². The van der Waals surface area contributed by atoms with Crippen molar-refractivity contribution in [1.29, 1.82) is 0 Å². The number of aliphatic hydroxyl groups is 3. The number of carbonyl (C=O) groups is 2. The average Bonchev–Trinajstić information content (AvgIpc) is 3.04. The molecule has 6 atom stereocenters. The Morgan fingerprint density at radius 3 is 2.75 bits per heavy atom. The molecule has 0 aromatic heterocycles. The molecule has 0 aromatic carbocycles. The lowest BCUT2D eigenvalue weighted by Gasteiger charge is -2.34. The van der Waals surface area contributed by atoms with Crippen molar-refractivity contribution in [3.05, 3.63) is 35.5 Å². The van der Waals surface area contributed by atoms with Gasteiger partial charge in [0.05, 0.1) is 24.2 Å². The summed E-state index contributed by atoms with van der Waals surface area (Å²) in [7, 11) is 0. The molecule has 28 heavy (non-hydrogen) atoms. The number of hydrogen-bond donors (Lipinski definition) is 3. The molecule has 3 heterocycles. The van der Waals surface area contributed by atoms with E-state index in [-0.39, 0.29) is 24.0 Å². The quantitative estimate of drug-likeness (QED) is 0.360. The summed E-state index contributed by atoms with van der Waals surface area (Å²) >= 11 is 0. The lowest BCUT2D eigenvalue weighted by molar-refractivity contribution is -0.211. The highest BCUT2D eigenvalue weighted by Gasteiger charge is 2.58. The molecule has 2 fully saturated rings. The van der Waals surface area contributed by atoms with Gasteiger partial charge >= 0.3 is 11.9 Å². The van der Waals surface area contributed by atoms with E-state index in [9.17, 15) is 24.9 Å². The van der Waals surface area contributed by atoms with E-state index in [1.54, 1.807) is 26.8 Å². The second-order valence-electron chi connectivity index (χ2n) is 7.81. The molecule has 0 aliphatic carbocycles. The Morgan fingerprint density at radius 1 is 1.46 bits per heavy atom. The molecule has 3 N–H and O–H groups in total. The van der Waals surface area contributed by atoms with Crippen LogP contribution in [-0.4, -0.2) is 63.6 Å². The van der Waals surface area contributed by atoms with Gasteiger partial charge in [0.2, 0.25) is 0 Å². The van der Waals surface area contributed by atoms with E-state index in [2.05, 4.69) is 6.58 Å². The summed E-state index contributed by atoms with van der Waals surface area (Å²) in [5.74, 6) is -3.87. The zero-order valence-corrected chi connectivity index (χ0v) is 16.2. The lowest BCUT2D eigenvalue weighted by atomic mass is 9.80. The van der Waals surface area contributed by atoms with E-state index < -0.39 is 54.2 Å². The van der Waals surface area contributed by atoms with E-state index in [4.69, 9.17) is 14.2 Å². The van der Waals surface area contributed by atoms with Crippen molar-refractivity contribution in [3.8, 4) is 0 Å². The first kappa shape index (κ1) is 20.7. The minimum Gasteiger partial charge on any atom is -0.458 e. The van der Waals surface area contributed by atoms with Gasteiger partial charge in [-0.15, -0.1) is 0 Å². The van der Waals surface area contributed by atoms with Crippen LogP contribution in [0.4, 0.5) is 0 Å². The summed E-state index contributed by atoms with van der Waals surface area (Å²) in [6, 6.07) is 0. The van der Waals surface area contributed by atoms with Gasteiger partial charge in [-0.1, -0.05) is 12.7 Å². The van der Waals surface area contributed by atoms with Gasteiger partial charge in [0, 0.05) is 29.6 Å². The van der Waals surface area contributed by atoms with Crippen LogP contribution in [0.25, 0.3) is 0 Å². The van der Waals surface area contributed by atoms with Crippen molar-refractivity contribution in [2.45, 2.75) is 63.3 Å². The fourth-order valence-corrected chi connectivity index (χ4v) is 4.02. The molecular weight excluding hydrogens is 368 g/mol. The standard InChI is InChI=1S/C20H26O8/c1-5-10(2)17(23)27-14-7-19(4)15(22)8-20(25,28-19)12(9-21)6-13-16(14)11(3)18(24)26-13/h5-6,13-16,21-22,25H,3,7-9H2,1-2,4H3/b10-5-,12-6-/t13-,14-,15+,16+,19?,20?/m1/s1. The Bertz CT molecular complexity index is 768. The highest BCUT2D eigenvalue weighted by molar-refractivity contribution is 5.92. The van der Waals surface area contributed by atoms with Gasteiger partial charge in [-0.3, -0.25) is 0 Å². The normalized spacial score (nSPS) is 42.6. The van der Waals surface area contributed by atoms with Crippen LogP contribution in [0.1, 0.15) is 33.6 Å². The molecule has 3 aliphatic heterocycles. The molecule has 2 bridgehead atoms. The minimum atomic E-state index is -1.91. The zero-order valence-electron chi connectivity index (χ0n) is 16.2. The number of carbonyl (C=O) groups excluding carboxylic acids is 2. The number of allylic oxidation sites excluding steroid dienone is 1. The van der Waals surface area contributed by atoms with Crippen molar-refractivity contribution in [2.75, 3.05) is 6.61 Å². The van der Waals surface area contributed by atoms with Crippen molar-refractivity contribution in [3.63, 3.8) is 0 Å². The SMILES string of the molecule is C=C1C(=O)O[C@@H]2/C=C(/CO)C3(O)C[C@H](O)C(C)(C[C@@H](OC(=O)/C(C)=C\C)[C@@H]12)O3. The van der Waals surface area contributed by atoms with E-state index in [0.717, 1.165) is 0 Å². The number of fused-ring (bicyclic) bond motifs is 3. The largest absolute Gasteiger partial charge is 0.458 e. The van der Waals surface area contributed by atoms with Gasteiger partial charge in [0.25, 0.3) is 0 Å². The summed E-state index contributed by atoms with van der Waals surface area (Å²) in [5.41, 5.74) is -0.700. The number of hydrogen-bond acceptors (Lipinski definition) is 8. The number of esters is 2. The molecule has 3 aliphatic rings. The Balaban J connectivity index is 2.09. The molecule has 8 heteroatoms. The fourth-order valence-electron chi connectivity index (χ4n) is 4.02. The predicted octanol–water partition coefficient (Wildman–Crippen LogP) is 0.513. The molecular formula is C20H26O8. The van der Waals surface area contributed by atoms with Crippen LogP contribution in [0.15, 0.2) is 35.5 Å². The van der Waals surface area contributed by atoms with Crippen molar-refractivity contribution < 1.29 is 39.1 Å². The Kier molecular flexibility index (Phi) is 5.26. The third-order valence-electron chi connectivity index (χ3n) is 5.90. The fraction of sp³-hybridized carbons (Fsp3) is 0.600. The molecule has 2 unspecified atom stereocenters. The highest BCUT2D eigenvalue weighted by Crippen LogP contribution is 2.48. The third-order valence-corrected chi connectivity index (χ3v) is 5.90. The summed E-state index contributed by atoms with van der Waals surface area (Å²) in [5, 5.41) is 31.3. The molecule has 2 saturated heterocycles. The summed E-state index contributed by atoms with van der Waals surface area (Å²) in [4.78, 5) is 24.6. The summed E-state index contributed by atoms with van der Waals surface area (Å²) < 4.78 is 16.8. The first-order chi connectivity index (χ1) is 13.0. The average molecular weight is 394 g/mol. The second-order valence-corrected chi connectivity index (χ2v) is 7.81. The van der Waals surface area contributed by atoms with Crippen LogP contribution >= 0.6 is 0 Å². The predicted molar refractivity (Wildman–Crippen MR) is 96.7 cm³/mol. The Hall–Kier alpha value is -2.00. The monoisotopic (exact) mass is 394 g/mol. The summed E-state index contributed by atoms with van der Waals surface area (Å²) in [6.45, 7) is 8.11. The van der Waals surface area contributed by atoms with Crippen LogP contribution in [0.2, 0.25) is 0 Å². The minimum absolute atomic E-state index is 0.00257. The first-order valence-electron chi connectivity index (χ1n) is 9.21. The first-order valence-corrected chi connectivity index (χ1v) is 9.21. The number of ether oxygens (including phenoxy) is 3. The van der Waals surface area contributed by atoms with Crippen LogP contribution in [-0.2, 0) is 23.8 Å². The third kappa shape index (κ3) is 3.30. The van der Waals surface area contributed by atoms with Crippen LogP contribution in [0.5, 0.6) is 0 Å². The van der Waals surface area contributed by atoms with Crippen molar-refractivity contribution >= 4 is 11.9 Å². The van der Waals surface area contributed by atoms with Gasteiger partial charge in [-0.25, -0.2) is 9.59 Å².